The van der Waals surface area contributed by atoms with Crippen LogP contribution in [0.2, 0.25) is 0 Å². The molecule has 0 aliphatic carbocycles. The van der Waals surface area contributed by atoms with E-state index in [-0.39, 0.29) is 0 Å². The Balaban J connectivity index is 0.000000238. The SMILES string of the molecule is C1COCCN1.Cc1cccn2c(C3(NC=O)CCOC3)ncc12. The number of hydrogen-bond donors (Lipinski definition) is 2. The van der Waals surface area contributed by atoms with Crippen LogP contribution in [0.5, 0.6) is 0 Å². The molecule has 2 fully saturated rings. The molecule has 2 aliphatic heterocycles. The van der Waals surface area contributed by atoms with E-state index in [1.165, 1.54) is 0 Å². The molecule has 24 heavy (non-hydrogen) atoms. The minimum atomic E-state index is -0.498. The van der Waals surface area contributed by atoms with Gasteiger partial charge in [0.1, 0.15) is 11.4 Å². The van der Waals surface area contributed by atoms with E-state index in [9.17, 15) is 4.79 Å². The fourth-order valence-corrected chi connectivity index (χ4v) is 3.06. The average Bonchev–Trinajstić information content (AvgIpc) is 3.26. The number of aryl methyl sites for hydroxylation is 1. The summed E-state index contributed by atoms with van der Waals surface area (Å²) in [5.41, 5.74) is 1.73. The van der Waals surface area contributed by atoms with Gasteiger partial charge in [0.05, 0.1) is 31.5 Å². The molecule has 4 heterocycles. The highest BCUT2D eigenvalue weighted by Crippen LogP contribution is 2.30. The van der Waals surface area contributed by atoms with Crippen LogP contribution in [-0.4, -0.2) is 55.3 Å². The maximum Gasteiger partial charge on any atom is 0.207 e. The van der Waals surface area contributed by atoms with E-state index in [1.807, 2.05) is 35.9 Å². The first-order valence-electron chi connectivity index (χ1n) is 8.27. The molecule has 0 spiro atoms. The molecule has 4 rings (SSSR count). The number of pyridine rings is 1. The van der Waals surface area contributed by atoms with Gasteiger partial charge in [-0.3, -0.25) is 4.79 Å². The van der Waals surface area contributed by atoms with Crippen LogP contribution in [0.25, 0.3) is 5.52 Å². The Labute approximate surface area is 141 Å². The Morgan fingerprint density at radius 1 is 1.33 bits per heavy atom. The Morgan fingerprint density at radius 2 is 2.17 bits per heavy atom. The van der Waals surface area contributed by atoms with E-state index in [0.29, 0.717) is 13.2 Å². The van der Waals surface area contributed by atoms with Gasteiger partial charge in [-0.25, -0.2) is 4.98 Å². The third-order valence-corrected chi connectivity index (χ3v) is 4.41. The molecule has 1 unspecified atom stereocenters. The second-order valence-corrected chi connectivity index (χ2v) is 6.04. The first-order chi connectivity index (χ1) is 11.8. The molecular weight excluding hydrogens is 308 g/mol. The van der Waals surface area contributed by atoms with E-state index < -0.39 is 5.54 Å². The first kappa shape index (κ1) is 16.9. The van der Waals surface area contributed by atoms with E-state index in [4.69, 9.17) is 9.47 Å². The number of rotatable bonds is 3. The molecule has 2 saturated heterocycles. The highest BCUT2D eigenvalue weighted by atomic mass is 16.5. The van der Waals surface area contributed by atoms with Gasteiger partial charge in [-0.2, -0.15) is 0 Å². The Bertz CT molecular complexity index is 664. The van der Waals surface area contributed by atoms with Crippen LogP contribution in [0.4, 0.5) is 0 Å². The first-order valence-corrected chi connectivity index (χ1v) is 8.27. The largest absolute Gasteiger partial charge is 0.379 e. The van der Waals surface area contributed by atoms with Gasteiger partial charge in [-0.05, 0) is 18.6 Å². The van der Waals surface area contributed by atoms with Crippen LogP contribution < -0.4 is 10.6 Å². The van der Waals surface area contributed by atoms with E-state index in [2.05, 4.69) is 15.6 Å². The molecule has 7 nitrogen and oxygen atoms in total. The number of carbonyl (C=O) groups is 1. The second-order valence-electron chi connectivity index (χ2n) is 6.04. The molecule has 1 atom stereocenters. The van der Waals surface area contributed by atoms with Crippen molar-refractivity contribution in [1.82, 2.24) is 20.0 Å². The van der Waals surface area contributed by atoms with E-state index in [1.54, 1.807) is 0 Å². The molecule has 2 aromatic rings. The van der Waals surface area contributed by atoms with Gasteiger partial charge in [0.2, 0.25) is 6.41 Å². The van der Waals surface area contributed by atoms with Crippen molar-refractivity contribution < 1.29 is 14.3 Å². The molecule has 0 saturated carbocycles. The second kappa shape index (κ2) is 7.74. The van der Waals surface area contributed by atoms with Gasteiger partial charge in [0, 0.05) is 32.3 Å². The van der Waals surface area contributed by atoms with E-state index >= 15 is 0 Å². The standard InChI is InChI=1S/C13H15N3O2.C4H9NO/c1-10-3-2-5-16-11(10)7-14-12(16)13(15-9-17)4-6-18-8-13;1-3-6-4-2-5-1/h2-3,5,7,9H,4,6,8H2,1H3,(H,15,17);5H,1-4H2. The smallest absolute Gasteiger partial charge is 0.207 e. The van der Waals surface area contributed by atoms with Gasteiger partial charge in [0.25, 0.3) is 0 Å². The summed E-state index contributed by atoms with van der Waals surface area (Å²) in [5.74, 6) is 0.839. The maximum absolute atomic E-state index is 10.9. The molecule has 2 aliphatic rings. The lowest BCUT2D eigenvalue weighted by Gasteiger charge is -2.25. The summed E-state index contributed by atoms with van der Waals surface area (Å²) in [4.78, 5) is 15.4. The fraction of sp³-hybridized carbons (Fsp3) is 0.529. The van der Waals surface area contributed by atoms with Crippen LogP contribution >= 0.6 is 0 Å². The average molecular weight is 332 g/mol. The van der Waals surface area contributed by atoms with Crippen LogP contribution in [0.1, 0.15) is 17.8 Å². The molecule has 0 bridgehead atoms. The summed E-state index contributed by atoms with van der Waals surface area (Å²) in [5, 5.41) is 6.04. The van der Waals surface area contributed by atoms with Crippen molar-refractivity contribution in [3.8, 4) is 0 Å². The minimum absolute atomic E-state index is 0.471. The Hall–Kier alpha value is -1.96. The van der Waals surface area contributed by atoms with Gasteiger partial charge in [-0.15, -0.1) is 0 Å². The number of hydrogen-bond acceptors (Lipinski definition) is 5. The molecule has 2 N–H and O–H groups in total. The van der Waals surface area contributed by atoms with Gasteiger partial charge >= 0.3 is 0 Å². The number of imidazole rings is 1. The zero-order chi connectivity index (χ0) is 16.8. The molecule has 2 aromatic heterocycles. The molecule has 0 radical (unpaired) electrons. The van der Waals surface area contributed by atoms with Crippen LogP contribution in [-0.2, 0) is 19.8 Å². The fourth-order valence-electron chi connectivity index (χ4n) is 3.06. The topological polar surface area (TPSA) is 76.9 Å². The quantitative estimate of drug-likeness (QED) is 0.806. The number of fused-ring (bicyclic) bond motifs is 1. The Morgan fingerprint density at radius 3 is 2.75 bits per heavy atom. The molecular formula is C17H24N4O3. The predicted octanol–water partition coefficient (Wildman–Crippen LogP) is 0.611. The lowest BCUT2D eigenvalue weighted by molar-refractivity contribution is -0.111. The van der Waals surface area contributed by atoms with Crippen LogP contribution in [0.15, 0.2) is 24.5 Å². The number of ether oxygens (including phenoxy) is 2. The summed E-state index contributed by atoms with van der Waals surface area (Å²) in [6.45, 7) is 6.99. The van der Waals surface area contributed by atoms with Gasteiger partial charge in [0.15, 0.2) is 0 Å². The number of morpholine rings is 1. The van der Waals surface area contributed by atoms with Crippen molar-refractivity contribution in [2.45, 2.75) is 18.9 Å². The third-order valence-electron chi connectivity index (χ3n) is 4.41. The number of aromatic nitrogens is 2. The third kappa shape index (κ3) is 3.43. The highest BCUT2D eigenvalue weighted by Gasteiger charge is 2.40. The van der Waals surface area contributed by atoms with Crippen molar-refractivity contribution in [2.75, 3.05) is 39.5 Å². The van der Waals surface area contributed by atoms with Gasteiger partial charge < -0.3 is 24.5 Å². The van der Waals surface area contributed by atoms with E-state index in [0.717, 1.165) is 56.0 Å². The highest BCUT2D eigenvalue weighted by molar-refractivity contribution is 5.55. The molecule has 130 valence electrons. The molecule has 7 heteroatoms. The van der Waals surface area contributed by atoms with Gasteiger partial charge in [-0.1, -0.05) is 6.07 Å². The summed E-state index contributed by atoms with van der Waals surface area (Å²) in [6, 6.07) is 4.03. The molecule has 0 aromatic carbocycles. The van der Waals surface area contributed by atoms with Crippen molar-refractivity contribution >= 4 is 11.9 Å². The summed E-state index contributed by atoms with van der Waals surface area (Å²) in [6.07, 6.45) is 5.29. The lowest BCUT2D eigenvalue weighted by Crippen LogP contribution is -2.43. The minimum Gasteiger partial charge on any atom is -0.379 e. The van der Waals surface area contributed by atoms with Crippen LogP contribution in [0, 0.1) is 6.92 Å². The number of nitrogens with zero attached hydrogens (tertiary/aromatic N) is 2. The predicted molar refractivity (Wildman–Crippen MR) is 89.9 cm³/mol. The molecule has 1 amide bonds. The summed E-state index contributed by atoms with van der Waals surface area (Å²) < 4.78 is 12.5. The van der Waals surface area contributed by atoms with Crippen molar-refractivity contribution in [1.29, 1.82) is 0 Å². The zero-order valence-electron chi connectivity index (χ0n) is 14.0. The zero-order valence-corrected chi connectivity index (χ0v) is 14.0. The van der Waals surface area contributed by atoms with Crippen molar-refractivity contribution in [2.24, 2.45) is 0 Å². The monoisotopic (exact) mass is 332 g/mol. The van der Waals surface area contributed by atoms with Crippen molar-refractivity contribution in [3.63, 3.8) is 0 Å². The summed E-state index contributed by atoms with van der Waals surface area (Å²) >= 11 is 0. The number of amides is 1. The number of carbonyl (C=O) groups excluding carboxylic acids is 1. The lowest BCUT2D eigenvalue weighted by atomic mass is 9.98. The Kier molecular flexibility index (Phi) is 5.44. The summed E-state index contributed by atoms with van der Waals surface area (Å²) in [7, 11) is 0. The number of nitrogens with one attached hydrogen (secondary N) is 2. The normalized spacial score (nSPS) is 23.5. The van der Waals surface area contributed by atoms with Crippen LogP contribution in [0.3, 0.4) is 0 Å². The van der Waals surface area contributed by atoms with Crippen molar-refractivity contribution in [3.05, 3.63) is 35.9 Å². The maximum atomic E-state index is 10.9.